The van der Waals surface area contributed by atoms with E-state index in [2.05, 4.69) is 20.1 Å². The van der Waals surface area contributed by atoms with Crippen LogP contribution in [0.3, 0.4) is 0 Å². The van der Waals surface area contributed by atoms with Crippen molar-refractivity contribution in [3.63, 3.8) is 0 Å². The lowest BCUT2D eigenvalue weighted by Gasteiger charge is -1.50. The topological polar surface area (TPSA) is 46.7 Å². The van der Waals surface area contributed by atoms with Gasteiger partial charge in [-0.2, -0.15) is 0 Å². The van der Waals surface area contributed by atoms with Crippen molar-refractivity contribution in [1.29, 1.82) is 0 Å². The Bertz CT molecular complexity index is 46.3. The van der Waals surface area contributed by atoms with Crippen LogP contribution in [-0.2, 0) is 4.74 Å². The zero-order valence-electron chi connectivity index (χ0n) is 4.92. The summed E-state index contributed by atoms with van der Waals surface area (Å²) in [6.45, 7) is 9.04. The van der Waals surface area contributed by atoms with Crippen molar-refractivity contribution in [3.8, 4) is 0 Å². The van der Waals surface area contributed by atoms with E-state index in [9.17, 15) is 0 Å². The largest absolute Gasteiger partial charge is 0.373 e. The summed E-state index contributed by atoms with van der Waals surface area (Å²) in [5, 5.41) is 0. The van der Waals surface area contributed by atoms with Crippen LogP contribution in [0.25, 0.3) is 0 Å². The third kappa shape index (κ3) is 38.8. The third-order valence-corrected chi connectivity index (χ3v) is 0.500. The number of hydrogen-bond acceptors (Lipinski definition) is 3. The molecule has 1 fully saturated rings. The maximum absolute atomic E-state index is 7.00. The lowest BCUT2D eigenvalue weighted by Crippen LogP contribution is -1.60. The van der Waals surface area contributed by atoms with Gasteiger partial charge in [0.1, 0.15) is 0 Å². The molecule has 1 aliphatic rings. The molecular weight excluding hydrogens is 120 g/mol. The van der Waals surface area contributed by atoms with Crippen molar-refractivity contribution in [2.45, 2.75) is 20.5 Å². The Morgan fingerprint density at radius 1 is 1.56 bits per heavy atom. The summed E-state index contributed by atoms with van der Waals surface area (Å²) >= 11 is 0. The highest BCUT2D eigenvalue weighted by molar-refractivity contribution is 4.58. The van der Waals surface area contributed by atoms with Crippen LogP contribution in [0.2, 0.25) is 0 Å². The SMILES string of the molecule is C.C=C.CC1CO1.O=O.[HH]. The Hall–Kier alpha value is -0.700. The van der Waals surface area contributed by atoms with E-state index < -0.39 is 0 Å². The van der Waals surface area contributed by atoms with E-state index in [0.717, 1.165) is 6.61 Å². The molecule has 1 rings (SSSR count). The van der Waals surface area contributed by atoms with Gasteiger partial charge in [0.25, 0.3) is 0 Å². The number of epoxide rings is 1. The van der Waals surface area contributed by atoms with Crippen LogP contribution >= 0.6 is 0 Å². The third-order valence-electron chi connectivity index (χ3n) is 0.500. The van der Waals surface area contributed by atoms with Crippen molar-refractivity contribution in [1.82, 2.24) is 0 Å². The van der Waals surface area contributed by atoms with E-state index in [4.69, 9.17) is 14.7 Å². The minimum absolute atomic E-state index is 0. The summed E-state index contributed by atoms with van der Waals surface area (Å²) in [5.41, 5.74) is 0. The second kappa shape index (κ2) is 15.7. The summed E-state index contributed by atoms with van der Waals surface area (Å²) in [7, 11) is 0. The second-order valence-corrected chi connectivity index (χ2v) is 1.14. The molecule has 1 saturated heterocycles. The fourth-order valence-corrected chi connectivity index (χ4v) is 0.0962. The Kier molecular flexibility index (Phi) is 27.4. The maximum Gasteiger partial charge on any atom is 0.0781 e. The Balaban J connectivity index is -0.0000000275. The predicted octanol–water partition coefficient (Wildman–Crippen LogP) is 2.16. The quantitative estimate of drug-likeness (QED) is 0.378. The highest BCUT2D eigenvalue weighted by Gasteiger charge is 2.13. The van der Waals surface area contributed by atoms with Crippen molar-refractivity contribution >= 4 is 0 Å². The van der Waals surface area contributed by atoms with Gasteiger partial charge in [-0.1, -0.05) is 7.43 Å². The van der Waals surface area contributed by atoms with Crippen molar-refractivity contribution < 1.29 is 6.16 Å². The van der Waals surface area contributed by atoms with E-state index in [1.165, 1.54) is 0 Å². The molecule has 0 spiro atoms. The second-order valence-electron chi connectivity index (χ2n) is 1.14. The van der Waals surface area contributed by atoms with Crippen LogP contribution < -0.4 is 0 Å². The molecule has 1 heterocycles. The lowest BCUT2D eigenvalue weighted by atomic mass is 10.6. The molecule has 3 heteroatoms. The van der Waals surface area contributed by atoms with Gasteiger partial charge in [0.05, 0.1) is 12.7 Å². The molecule has 0 aromatic heterocycles. The lowest BCUT2D eigenvalue weighted by molar-refractivity contribution is 0.423. The first kappa shape index (κ1) is 15.7. The number of hydrogen-bond donors (Lipinski definition) is 0. The first-order chi connectivity index (χ1) is 3.89. The summed E-state index contributed by atoms with van der Waals surface area (Å²) in [5.74, 6) is 0. The zero-order chi connectivity index (χ0) is 6.99. The molecule has 1 aliphatic heterocycles. The molecule has 0 aromatic rings. The molecule has 58 valence electrons. The highest BCUT2D eigenvalue weighted by atomic mass is 16.7. The monoisotopic (exact) mass is 136 g/mol. The summed E-state index contributed by atoms with van der Waals surface area (Å²) in [6.07, 6.45) is 0.583. The van der Waals surface area contributed by atoms with Gasteiger partial charge >= 0.3 is 0 Å². The molecule has 0 radical (unpaired) electrons. The van der Waals surface area contributed by atoms with Gasteiger partial charge in [-0.05, 0) is 6.92 Å². The van der Waals surface area contributed by atoms with Crippen molar-refractivity contribution in [2.24, 2.45) is 0 Å². The number of rotatable bonds is 0. The van der Waals surface area contributed by atoms with Gasteiger partial charge in [-0.25, -0.2) is 0 Å². The molecule has 1 unspecified atom stereocenters. The first-order valence-electron chi connectivity index (χ1n) is 2.18. The summed E-state index contributed by atoms with van der Waals surface area (Å²) < 4.78 is 4.71. The molecule has 0 amide bonds. The van der Waals surface area contributed by atoms with Crippen molar-refractivity contribution in [2.75, 3.05) is 6.61 Å². The van der Waals surface area contributed by atoms with Crippen LogP contribution in [-0.4, -0.2) is 12.7 Å². The van der Waals surface area contributed by atoms with Gasteiger partial charge in [0, 0.05) is 11.4 Å². The van der Waals surface area contributed by atoms with Crippen LogP contribution in [0, 0.1) is 9.93 Å². The highest BCUT2D eigenvalue weighted by Crippen LogP contribution is 2.04. The molecule has 0 saturated carbocycles. The van der Waals surface area contributed by atoms with E-state index in [0.29, 0.717) is 6.10 Å². The van der Waals surface area contributed by atoms with Crippen LogP contribution in [0.1, 0.15) is 15.8 Å². The molecule has 0 aromatic carbocycles. The molecule has 0 aliphatic carbocycles. The van der Waals surface area contributed by atoms with Gasteiger partial charge in [-0.3, -0.25) is 0 Å². The molecular formula is C6H16O3. The average Bonchev–Trinajstić information content (AvgIpc) is 2.62. The van der Waals surface area contributed by atoms with E-state index in [1.807, 2.05) is 0 Å². The normalized spacial score (nSPS) is 18.6. The van der Waals surface area contributed by atoms with Gasteiger partial charge < -0.3 is 4.74 Å². The molecule has 1 atom stereocenters. The van der Waals surface area contributed by atoms with Crippen LogP contribution in [0.15, 0.2) is 13.2 Å². The van der Waals surface area contributed by atoms with Gasteiger partial charge in [0.15, 0.2) is 0 Å². The van der Waals surface area contributed by atoms with E-state index >= 15 is 0 Å². The van der Waals surface area contributed by atoms with Crippen molar-refractivity contribution in [3.05, 3.63) is 23.1 Å². The Labute approximate surface area is 57.4 Å². The maximum atomic E-state index is 7.00. The summed E-state index contributed by atoms with van der Waals surface area (Å²) in [4.78, 5) is 14.0. The standard InChI is InChI=1S/C3H6O.C2H4.CH4.O2.H2/c1-3-2-4-3;1-2;;1-2;/h3H,2H2,1H3;1-2H2;1H4;;1H. The van der Waals surface area contributed by atoms with E-state index in [-0.39, 0.29) is 8.85 Å². The molecule has 3 nitrogen and oxygen atoms in total. The van der Waals surface area contributed by atoms with Crippen LogP contribution in [0.5, 0.6) is 0 Å². The molecule has 0 N–H and O–H groups in total. The fraction of sp³-hybridized carbons (Fsp3) is 0.667. The molecule has 0 bridgehead atoms. The molecule has 9 heavy (non-hydrogen) atoms. The summed E-state index contributed by atoms with van der Waals surface area (Å²) in [6, 6.07) is 0. The Morgan fingerprint density at radius 3 is 1.67 bits per heavy atom. The smallest absolute Gasteiger partial charge is 0.0781 e. The zero-order valence-corrected chi connectivity index (χ0v) is 4.92. The van der Waals surface area contributed by atoms with Gasteiger partial charge in [-0.15, -0.1) is 13.2 Å². The Morgan fingerprint density at radius 2 is 1.67 bits per heavy atom. The number of ether oxygens (including phenoxy) is 1. The fourth-order valence-electron chi connectivity index (χ4n) is 0.0962. The first-order valence-corrected chi connectivity index (χ1v) is 2.18. The van der Waals surface area contributed by atoms with Gasteiger partial charge in [0.2, 0.25) is 0 Å². The van der Waals surface area contributed by atoms with E-state index in [1.54, 1.807) is 0 Å². The predicted molar refractivity (Wildman–Crippen MR) is 42.2 cm³/mol. The van der Waals surface area contributed by atoms with Crippen LogP contribution in [0.4, 0.5) is 0 Å². The average molecular weight is 136 g/mol. The minimum Gasteiger partial charge on any atom is -0.373 e. The minimum atomic E-state index is 0.